The quantitative estimate of drug-likeness (QED) is 0.643. The van der Waals surface area contributed by atoms with Crippen LogP contribution in [0.4, 0.5) is 0 Å². The van der Waals surface area contributed by atoms with E-state index in [0.29, 0.717) is 0 Å². The minimum atomic E-state index is 0.159. The van der Waals surface area contributed by atoms with Crippen molar-refractivity contribution in [3.63, 3.8) is 0 Å². The molecule has 1 aliphatic carbocycles. The molecule has 2 aliphatic rings. The molecule has 0 bridgehead atoms. The maximum Gasteiger partial charge on any atom is 0.164 e. The lowest BCUT2D eigenvalue weighted by molar-refractivity contribution is 0.408. The smallest absolute Gasteiger partial charge is 0.164 e. The van der Waals surface area contributed by atoms with Crippen molar-refractivity contribution in [2.24, 2.45) is 4.99 Å². The zero-order valence-electron chi connectivity index (χ0n) is 7.19. The van der Waals surface area contributed by atoms with Gasteiger partial charge in [0.2, 0.25) is 0 Å². The zero-order valence-corrected chi connectivity index (χ0v) is 7.19. The van der Waals surface area contributed by atoms with Crippen LogP contribution in [0.1, 0.15) is 24.3 Å². The third-order valence-corrected chi connectivity index (χ3v) is 2.45. The third kappa shape index (κ3) is 0.854. The van der Waals surface area contributed by atoms with Crippen molar-refractivity contribution in [1.29, 1.82) is 0 Å². The number of rotatable bonds is 0. The highest BCUT2D eigenvalue weighted by Gasteiger charge is 2.32. The van der Waals surface area contributed by atoms with Crippen LogP contribution in [-0.2, 0) is 0 Å². The number of aromatic nitrogens is 1. The first kappa shape index (κ1) is 6.88. The van der Waals surface area contributed by atoms with Crippen LogP contribution in [-0.4, -0.2) is 17.0 Å². The van der Waals surface area contributed by atoms with Gasteiger partial charge in [-0.1, -0.05) is 11.2 Å². The van der Waals surface area contributed by atoms with Gasteiger partial charge in [-0.2, -0.15) is 0 Å². The van der Waals surface area contributed by atoms with Crippen LogP contribution >= 0.6 is 0 Å². The maximum atomic E-state index is 5.07. The zero-order chi connectivity index (χ0) is 8.84. The van der Waals surface area contributed by atoms with Gasteiger partial charge in [0.15, 0.2) is 5.76 Å². The molecule has 3 rings (SSSR count). The molecule has 2 unspecified atom stereocenters. The summed E-state index contributed by atoms with van der Waals surface area (Å²) in [5.74, 6) is 1.82. The number of hydrogen-bond donors (Lipinski definition) is 1. The molecule has 2 atom stereocenters. The van der Waals surface area contributed by atoms with Crippen LogP contribution in [0.3, 0.4) is 0 Å². The largest absolute Gasteiger partial charge is 0.365 e. The van der Waals surface area contributed by atoms with E-state index in [4.69, 9.17) is 4.52 Å². The molecule has 1 aliphatic heterocycles. The fourth-order valence-electron chi connectivity index (χ4n) is 1.86. The molecule has 0 saturated heterocycles. The Bertz CT molecular complexity index is 405. The van der Waals surface area contributed by atoms with Gasteiger partial charge in [0.1, 0.15) is 6.04 Å². The van der Waals surface area contributed by atoms with E-state index in [2.05, 4.69) is 21.5 Å². The van der Waals surface area contributed by atoms with Crippen molar-refractivity contribution < 1.29 is 4.52 Å². The molecule has 0 fully saturated rings. The van der Waals surface area contributed by atoms with Crippen LogP contribution in [0.15, 0.2) is 21.8 Å². The molecule has 4 nitrogen and oxygen atoms in total. The molecule has 4 heteroatoms. The summed E-state index contributed by atoms with van der Waals surface area (Å²) in [6.07, 6.45) is 5.77. The first-order valence-electron chi connectivity index (χ1n) is 4.28. The highest BCUT2D eigenvalue weighted by atomic mass is 16.5. The Hall–Kier alpha value is -1.58. The molecule has 1 N–H and O–H groups in total. The van der Waals surface area contributed by atoms with Gasteiger partial charge in [0.05, 0.1) is 18.1 Å². The lowest BCUT2D eigenvalue weighted by Crippen LogP contribution is -2.29. The van der Waals surface area contributed by atoms with Crippen LogP contribution in [0.5, 0.6) is 0 Å². The summed E-state index contributed by atoms with van der Waals surface area (Å²) in [5.41, 5.74) is 1.08. The summed E-state index contributed by atoms with van der Waals surface area (Å²) in [4.78, 5) is 4.48. The Morgan fingerprint density at radius 1 is 1.54 bits per heavy atom. The summed E-state index contributed by atoms with van der Waals surface area (Å²) in [6.45, 7) is 1.97. The molecule has 1 aromatic rings. The van der Waals surface area contributed by atoms with E-state index < -0.39 is 0 Å². The molecule has 0 amide bonds. The summed E-state index contributed by atoms with van der Waals surface area (Å²) < 4.78 is 5.07. The topological polar surface area (TPSA) is 50.4 Å². The molecule has 0 radical (unpaired) electrons. The predicted octanol–water partition coefficient (Wildman–Crippen LogP) is 1.13. The number of amidine groups is 1. The second-order valence-corrected chi connectivity index (χ2v) is 3.33. The van der Waals surface area contributed by atoms with Gasteiger partial charge < -0.3 is 9.84 Å². The average molecular weight is 175 g/mol. The van der Waals surface area contributed by atoms with Gasteiger partial charge in [0, 0.05) is 5.56 Å². The van der Waals surface area contributed by atoms with E-state index in [-0.39, 0.29) is 12.1 Å². The van der Waals surface area contributed by atoms with Crippen LogP contribution in [0.25, 0.3) is 6.08 Å². The van der Waals surface area contributed by atoms with E-state index in [1.54, 1.807) is 6.20 Å². The maximum absolute atomic E-state index is 5.07. The number of hydrogen-bond acceptors (Lipinski definition) is 4. The van der Waals surface area contributed by atoms with E-state index in [0.717, 1.165) is 17.2 Å². The van der Waals surface area contributed by atoms with Gasteiger partial charge in [-0.15, -0.1) is 0 Å². The van der Waals surface area contributed by atoms with Crippen molar-refractivity contribution in [2.75, 3.05) is 0 Å². The molecular formula is C9H9N3O. The number of fused-ring (bicyclic) bond motifs is 3. The summed E-state index contributed by atoms with van der Waals surface area (Å²) >= 11 is 0. The first-order valence-corrected chi connectivity index (χ1v) is 4.28. The first-order chi connectivity index (χ1) is 6.34. The number of nitrogens with one attached hydrogen (secondary N) is 1. The SMILES string of the molecule is CC1=NC2c3cnoc3C=CC2N1. The molecule has 66 valence electrons. The molecule has 0 spiro atoms. The highest BCUT2D eigenvalue weighted by molar-refractivity contribution is 5.83. The van der Waals surface area contributed by atoms with E-state index in [1.165, 1.54) is 0 Å². The van der Waals surface area contributed by atoms with Crippen molar-refractivity contribution in [3.05, 3.63) is 23.6 Å². The van der Waals surface area contributed by atoms with Crippen molar-refractivity contribution in [1.82, 2.24) is 10.5 Å². The van der Waals surface area contributed by atoms with Gasteiger partial charge in [-0.3, -0.25) is 4.99 Å². The van der Waals surface area contributed by atoms with Crippen molar-refractivity contribution in [2.45, 2.75) is 19.0 Å². The Kier molecular flexibility index (Phi) is 1.17. The Morgan fingerprint density at radius 2 is 2.46 bits per heavy atom. The van der Waals surface area contributed by atoms with Crippen LogP contribution in [0.2, 0.25) is 0 Å². The lowest BCUT2D eigenvalue weighted by Gasteiger charge is -2.16. The van der Waals surface area contributed by atoms with Crippen LogP contribution < -0.4 is 5.32 Å². The molecule has 0 saturated carbocycles. The fraction of sp³-hybridized carbons (Fsp3) is 0.333. The molecule has 13 heavy (non-hydrogen) atoms. The monoisotopic (exact) mass is 175 g/mol. The van der Waals surface area contributed by atoms with E-state index in [1.807, 2.05) is 13.0 Å². The normalized spacial score (nSPS) is 29.2. The van der Waals surface area contributed by atoms with Gasteiger partial charge in [-0.25, -0.2) is 0 Å². The van der Waals surface area contributed by atoms with Crippen molar-refractivity contribution >= 4 is 11.9 Å². The van der Waals surface area contributed by atoms with Gasteiger partial charge in [-0.05, 0) is 13.0 Å². The number of aliphatic imine (C=N–C) groups is 1. The summed E-state index contributed by atoms with van der Waals surface area (Å²) in [6, 6.07) is 0.443. The molecule has 1 aromatic heterocycles. The second kappa shape index (κ2) is 2.22. The minimum absolute atomic E-state index is 0.159. The molecule has 2 heterocycles. The standard InChI is InChI=1S/C9H9N3O/c1-5-11-7-2-3-8-6(4-10-13-8)9(7)12-5/h2-4,7,9H,1H3,(H,11,12). The third-order valence-electron chi connectivity index (χ3n) is 2.45. The Balaban J connectivity index is 2.13. The van der Waals surface area contributed by atoms with Gasteiger partial charge in [0.25, 0.3) is 0 Å². The summed E-state index contributed by atoms with van der Waals surface area (Å²) in [5, 5.41) is 7.05. The number of nitrogens with zero attached hydrogens (tertiary/aromatic N) is 2. The Morgan fingerprint density at radius 3 is 3.38 bits per heavy atom. The van der Waals surface area contributed by atoms with Crippen molar-refractivity contribution in [3.8, 4) is 0 Å². The second-order valence-electron chi connectivity index (χ2n) is 3.33. The molecule has 0 aromatic carbocycles. The Labute approximate surface area is 75.3 Å². The minimum Gasteiger partial charge on any atom is -0.365 e. The summed E-state index contributed by atoms with van der Waals surface area (Å²) in [7, 11) is 0. The van der Waals surface area contributed by atoms with E-state index in [9.17, 15) is 0 Å². The fourth-order valence-corrected chi connectivity index (χ4v) is 1.86. The van der Waals surface area contributed by atoms with E-state index >= 15 is 0 Å². The predicted molar refractivity (Wildman–Crippen MR) is 48.3 cm³/mol. The van der Waals surface area contributed by atoms with Gasteiger partial charge >= 0.3 is 0 Å². The highest BCUT2D eigenvalue weighted by Crippen LogP contribution is 2.33. The molecular weight excluding hydrogens is 166 g/mol. The lowest BCUT2D eigenvalue weighted by atomic mass is 9.96. The van der Waals surface area contributed by atoms with Crippen LogP contribution in [0, 0.1) is 0 Å². The average Bonchev–Trinajstić information content (AvgIpc) is 2.65.